The number of carbonyl (C=O) groups excluding carboxylic acids is 2. The Morgan fingerprint density at radius 1 is 0.949 bits per heavy atom. The Hall–Kier alpha value is -4.26. The molecule has 204 valence electrons. The summed E-state index contributed by atoms with van der Waals surface area (Å²) in [6, 6.07) is 18.2. The van der Waals surface area contributed by atoms with Gasteiger partial charge in [-0.1, -0.05) is 26.0 Å². The number of nitrogens with zero attached hydrogens (tertiary/aromatic N) is 2. The van der Waals surface area contributed by atoms with Crippen LogP contribution in [0.25, 0.3) is 5.76 Å². The largest absolute Gasteiger partial charge is 0.508 e. The number of hydrogen-bond acceptors (Lipinski definition) is 6. The highest BCUT2D eigenvalue weighted by Gasteiger charge is 2.47. The van der Waals surface area contributed by atoms with Crippen LogP contribution >= 0.6 is 0 Å². The number of amides is 1. The number of benzene rings is 3. The van der Waals surface area contributed by atoms with Gasteiger partial charge in [0, 0.05) is 30.0 Å². The van der Waals surface area contributed by atoms with Gasteiger partial charge >= 0.3 is 0 Å². The fraction of sp³-hybridized carbons (Fsp3) is 0.312. The van der Waals surface area contributed by atoms with Crippen LogP contribution in [0.3, 0.4) is 0 Å². The number of rotatable bonds is 9. The Labute approximate surface area is 230 Å². The highest BCUT2D eigenvalue weighted by molar-refractivity contribution is 6.51. The second kappa shape index (κ2) is 11.6. The number of phenols is 1. The third kappa shape index (κ3) is 5.35. The lowest BCUT2D eigenvalue weighted by Crippen LogP contribution is -2.29. The van der Waals surface area contributed by atoms with E-state index >= 15 is 0 Å². The van der Waals surface area contributed by atoms with E-state index in [1.165, 1.54) is 17.0 Å². The molecular weight excluding hydrogens is 492 g/mol. The van der Waals surface area contributed by atoms with E-state index < -0.39 is 17.7 Å². The van der Waals surface area contributed by atoms with Gasteiger partial charge < -0.3 is 19.8 Å². The van der Waals surface area contributed by atoms with Gasteiger partial charge in [-0.15, -0.1) is 0 Å². The van der Waals surface area contributed by atoms with Gasteiger partial charge in [0.2, 0.25) is 0 Å². The summed E-state index contributed by atoms with van der Waals surface area (Å²) < 4.78 is 5.76. The van der Waals surface area contributed by atoms with Crippen LogP contribution in [0.5, 0.6) is 11.5 Å². The van der Waals surface area contributed by atoms with Crippen molar-refractivity contribution in [3.8, 4) is 11.5 Å². The van der Waals surface area contributed by atoms with E-state index in [1.54, 1.807) is 24.3 Å². The molecule has 7 nitrogen and oxygen atoms in total. The minimum atomic E-state index is -0.876. The van der Waals surface area contributed by atoms with Gasteiger partial charge in [0.1, 0.15) is 17.3 Å². The molecule has 1 saturated heterocycles. The van der Waals surface area contributed by atoms with Crippen LogP contribution in [0, 0.1) is 0 Å². The lowest BCUT2D eigenvalue weighted by molar-refractivity contribution is -0.132. The summed E-state index contributed by atoms with van der Waals surface area (Å²) in [4.78, 5) is 30.6. The van der Waals surface area contributed by atoms with Crippen LogP contribution in [-0.4, -0.2) is 41.6 Å². The molecule has 39 heavy (non-hydrogen) atoms. The molecule has 0 spiro atoms. The van der Waals surface area contributed by atoms with Crippen molar-refractivity contribution < 1.29 is 24.5 Å². The Morgan fingerprint density at radius 2 is 1.59 bits per heavy atom. The predicted molar refractivity (Wildman–Crippen MR) is 155 cm³/mol. The Kier molecular flexibility index (Phi) is 8.29. The molecule has 1 fully saturated rings. The molecule has 1 aliphatic heterocycles. The van der Waals surface area contributed by atoms with Crippen molar-refractivity contribution in [3.05, 3.63) is 89.0 Å². The van der Waals surface area contributed by atoms with Gasteiger partial charge in [-0.05, 0) is 92.4 Å². The summed E-state index contributed by atoms with van der Waals surface area (Å²) in [5, 5.41) is 21.4. The second-order valence-corrected chi connectivity index (χ2v) is 9.79. The van der Waals surface area contributed by atoms with Crippen LogP contribution in [0.15, 0.2) is 72.3 Å². The van der Waals surface area contributed by atoms with E-state index in [4.69, 9.17) is 4.74 Å². The number of aliphatic hydroxyl groups excluding tert-OH is 1. The molecule has 4 rings (SSSR count). The van der Waals surface area contributed by atoms with Crippen LogP contribution < -0.4 is 14.5 Å². The Morgan fingerprint density at radius 3 is 2.15 bits per heavy atom. The monoisotopic (exact) mass is 528 g/mol. The molecule has 1 amide bonds. The first-order chi connectivity index (χ1) is 18.7. The summed E-state index contributed by atoms with van der Waals surface area (Å²) >= 11 is 0. The molecule has 3 aromatic rings. The van der Waals surface area contributed by atoms with E-state index in [1.807, 2.05) is 51.1 Å². The number of hydrogen-bond donors (Lipinski definition) is 2. The minimum Gasteiger partial charge on any atom is -0.508 e. The summed E-state index contributed by atoms with van der Waals surface area (Å²) in [5.74, 6) is -0.851. The first-order valence-electron chi connectivity index (χ1n) is 13.4. The number of ketones is 1. The van der Waals surface area contributed by atoms with Crippen molar-refractivity contribution in [3.63, 3.8) is 0 Å². The molecule has 1 heterocycles. The SMILES string of the molecule is CCOc1ccc(/C(O)=C2/C(=O)C(=O)N(c3ccc(N(CC)CC)cc3)C2c2ccc(O)cc2)cc1C(C)C. The molecule has 0 saturated carbocycles. The molecule has 1 atom stereocenters. The molecule has 1 aliphatic rings. The van der Waals surface area contributed by atoms with Gasteiger partial charge in [-0.3, -0.25) is 14.5 Å². The lowest BCUT2D eigenvalue weighted by atomic mass is 9.93. The standard InChI is InChI=1S/C32H36N2O5/c1-6-33(7-2)23-12-14-24(15-13-23)34-29(21-9-16-25(35)17-10-21)28(31(37)32(34)38)30(36)22-11-18-27(39-8-3)26(19-22)20(4)5/h9-20,29,35-36H,6-8H2,1-5H3/b30-28-. The van der Waals surface area contributed by atoms with E-state index in [0.29, 0.717) is 29.2 Å². The summed E-state index contributed by atoms with van der Waals surface area (Å²) in [6.07, 6.45) is 0. The van der Waals surface area contributed by atoms with E-state index in [9.17, 15) is 19.8 Å². The van der Waals surface area contributed by atoms with Crippen molar-refractivity contribution in [2.75, 3.05) is 29.5 Å². The second-order valence-electron chi connectivity index (χ2n) is 9.79. The smallest absolute Gasteiger partial charge is 0.300 e. The summed E-state index contributed by atoms with van der Waals surface area (Å²) in [7, 11) is 0. The number of anilines is 2. The maximum atomic E-state index is 13.5. The average Bonchev–Trinajstić information content (AvgIpc) is 3.20. The highest BCUT2D eigenvalue weighted by atomic mass is 16.5. The van der Waals surface area contributed by atoms with E-state index in [2.05, 4.69) is 18.7 Å². The van der Waals surface area contributed by atoms with Crippen molar-refractivity contribution in [2.24, 2.45) is 0 Å². The summed E-state index contributed by atoms with van der Waals surface area (Å²) in [5.41, 5.74) is 3.47. The third-order valence-electron chi connectivity index (χ3n) is 7.11. The first kappa shape index (κ1) is 27.8. The number of phenolic OH excluding ortho intramolecular Hbond substituents is 1. The fourth-order valence-electron chi connectivity index (χ4n) is 5.07. The first-order valence-corrected chi connectivity index (χ1v) is 13.4. The molecule has 0 aromatic heterocycles. The van der Waals surface area contributed by atoms with Gasteiger partial charge in [0.25, 0.3) is 11.7 Å². The number of ether oxygens (including phenoxy) is 1. The van der Waals surface area contributed by atoms with Gasteiger partial charge in [-0.25, -0.2) is 0 Å². The van der Waals surface area contributed by atoms with Gasteiger partial charge in [-0.2, -0.15) is 0 Å². The molecular formula is C32H36N2O5. The van der Waals surface area contributed by atoms with Crippen LogP contribution in [0.2, 0.25) is 0 Å². The molecule has 3 aromatic carbocycles. The Bertz CT molecular complexity index is 1370. The molecule has 0 bridgehead atoms. The maximum absolute atomic E-state index is 13.5. The number of aliphatic hydroxyl groups is 1. The van der Waals surface area contributed by atoms with Crippen LogP contribution in [0.1, 0.15) is 63.3 Å². The number of aromatic hydroxyl groups is 1. The quantitative estimate of drug-likeness (QED) is 0.190. The zero-order chi connectivity index (χ0) is 28.3. The molecule has 2 N–H and O–H groups in total. The van der Waals surface area contributed by atoms with Gasteiger partial charge in [0.05, 0.1) is 18.2 Å². The van der Waals surface area contributed by atoms with Crippen molar-refractivity contribution in [2.45, 2.75) is 46.6 Å². The molecule has 0 aliphatic carbocycles. The zero-order valence-corrected chi connectivity index (χ0v) is 23.1. The minimum absolute atomic E-state index is 0.00243. The predicted octanol–water partition coefficient (Wildman–Crippen LogP) is 6.39. The zero-order valence-electron chi connectivity index (χ0n) is 23.1. The van der Waals surface area contributed by atoms with E-state index in [-0.39, 0.29) is 23.0 Å². The topological polar surface area (TPSA) is 90.3 Å². The molecule has 0 radical (unpaired) electrons. The van der Waals surface area contributed by atoms with Gasteiger partial charge in [0.15, 0.2) is 0 Å². The maximum Gasteiger partial charge on any atom is 0.300 e. The number of Topliss-reactive ketones (excluding diaryl/α,β-unsaturated/α-hetero) is 1. The van der Waals surface area contributed by atoms with E-state index in [0.717, 1.165) is 24.3 Å². The average molecular weight is 529 g/mol. The normalized spacial score (nSPS) is 16.7. The lowest BCUT2D eigenvalue weighted by Gasteiger charge is -2.27. The van der Waals surface area contributed by atoms with Crippen LogP contribution in [0.4, 0.5) is 11.4 Å². The molecule has 1 unspecified atom stereocenters. The van der Waals surface area contributed by atoms with Crippen molar-refractivity contribution in [1.82, 2.24) is 0 Å². The fourth-order valence-corrected chi connectivity index (χ4v) is 5.07. The van der Waals surface area contributed by atoms with Crippen LogP contribution in [-0.2, 0) is 9.59 Å². The van der Waals surface area contributed by atoms with Crippen molar-refractivity contribution >= 4 is 28.8 Å². The third-order valence-corrected chi connectivity index (χ3v) is 7.11. The Balaban J connectivity index is 1.88. The van der Waals surface area contributed by atoms with Crippen molar-refractivity contribution in [1.29, 1.82) is 0 Å². The highest BCUT2D eigenvalue weighted by Crippen LogP contribution is 2.43. The number of carbonyl (C=O) groups is 2. The molecule has 7 heteroatoms. The summed E-state index contributed by atoms with van der Waals surface area (Å²) in [6.45, 7) is 12.3.